The molecule has 1 atom stereocenters. The number of ether oxygens (including phenoxy) is 1. The Bertz CT molecular complexity index is 806. The van der Waals surface area contributed by atoms with Crippen molar-refractivity contribution >= 4 is 11.6 Å². The van der Waals surface area contributed by atoms with Crippen LogP contribution in [-0.4, -0.2) is 23.6 Å². The van der Waals surface area contributed by atoms with Crippen LogP contribution in [0, 0.1) is 0 Å². The van der Waals surface area contributed by atoms with Crippen molar-refractivity contribution in [1.29, 1.82) is 0 Å². The summed E-state index contributed by atoms with van der Waals surface area (Å²) in [4.78, 5) is 8.61. The van der Waals surface area contributed by atoms with Crippen molar-refractivity contribution in [2.24, 2.45) is 0 Å². The largest absolute Gasteiger partial charge is 0.497 e. The lowest BCUT2D eigenvalue weighted by atomic mass is 10.1. The standard InChI is InChI=1S/C21H24N4O/c1-16(18-6-4-3-5-7-18)25-21-14-20(23-15-24-21)22-13-12-17-8-10-19(26-2)11-9-17/h3-11,14-16H,12-13H2,1-2H3,(H2,22,23,24,25). The smallest absolute Gasteiger partial charge is 0.131 e. The van der Waals surface area contributed by atoms with Crippen LogP contribution in [0.25, 0.3) is 0 Å². The third-order valence-electron chi connectivity index (χ3n) is 4.21. The second-order valence-corrected chi connectivity index (χ2v) is 6.09. The van der Waals surface area contributed by atoms with Crippen LogP contribution in [0.2, 0.25) is 0 Å². The number of anilines is 2. The molecule has 0 aliphatic heterocycles. The van der Waals surface area contributed by atoms with Gasteiger partial charge in [0.05, 0.1) is 7.11 Å². The second kappa shape index (κ2) is 8.85. The van der Waals surface area contributed by atoms with Crippen molar-refractivity contribution in [3.63, 3.8) is 0 Å². The van der Waals surface area contributed by atoms with E-state index in [4.69, 9.17) is 4.74 Å². The maximum atomic E-state index is 5.18. The van der Waals surface area contributed by atoms with Gasteiger partial charge in [-0.3, -0.25) is 0 Å². The quantitative estimate of drug-likeness (QED) is 0.635. The fourth-order valence-electron chi connectivity index (χ4n) is 2.71. The molecule has 1 unspecified atom stereocenters. The average Bonchev–Trinajstić information content (AvgIpc) is 2.69. The summed E-state index contributed by atoms with van der Waals surface area (Å²) in [5.74, 6) is 2.50. The van der Waals surface area contributed by atoms with Gasteiger partial charge in [0.1, 0.15) is 23.7 Å². The number of methoxy groups -OCH3 is 1. The van der Waals surface area contributed by atoms with Gasteiger partial charge in [-0.25, -0.2) is 9.97 Å². The highest BCUT2D eigenvalue weighted by molar-refractivity contribution is 5.47. The van der Waals surface area contributed by atoms with Gasteiger partial charge in [-0.05, 0) is 36.6 Å². The van der Waals surface area contributed by atoms with E-state index in [0.717, 1.165) is 30.4 Å². The lowest BCUT2D eigenvalue weighted by Gasteiger charge is -2.15. The molecule has 26 heavy (non-hydrogen) atoms. The number of hydrogen-bond acceptors (Lipinski definition) is 5. The normalized spacial score (nSPS) is 11.6. The van der Waals surface area contributed by atoms with E-state index >= 15 is 0 Å². The molecule has 1 aromatic heterocycles. The molecule has 0 radical (unpaired) electrons. The lowest BCUT2D eigenvalue weighted by molar-refractivity contribution is 0.414. The minimum Gasteiger partial charge on any atom is -0.497 e. The van der Waals surface area contributed by atoms with E-state index in [-0.39, 0.29) is 6.04 Å². The Morgan fingerprint density at radius 2 is 1.69 bits per heavy atom. The number of nitrogens with one attached hydrogen (secondary N) is 2. The number of rotatable bonds is 8. The first-order valence-corrected chi connectivity index (χ1v) is 8.75. The van der Waals surface area contributed by atoms with Crippen molar-refractivity contribution < 1.29 is 4.74 Å². The maximum Gasteiger partial charge on any atom is 0.131 e. The first-order chi connectivity index (χ1) is 12.7. The highest BCUT2D eigenvalue weighted by Crippen LogP contribution is 2.18. The zero-order valence-corrected chi connectivity index (χ0v) is 15.1. The summed E-state index contributed by atoms with van der Waals surface area (Å²) in [6, 6.07) is 20.5. The topological polar surface area (TPSA) is 59.1 Å². The minimum atomic E-state index is 0.179. The highest BCUT2D eigenvalue weighted by Gasteiger charge is 2.06. The molecule has 0 saturated carbocycles. The zero-order valence-electron chi connectivity index (χ0n) is 15.1. The Hall–Kier alpha value is -3.08. The van der Waals surface area contributed by atoms with E-state index in [9.17, 15) is 0 Å². The third kappa shape index (κ3) is 4.96. The van der Waals surface area contributed by atoms with Crippen LogP contribution in [0.1, 0.15) is 24.1 Å². The minimum absolute atomic E-state index is 0.179. The van der Waals surface area contributed by atoms with Gasteiger partial charge in [0.15, 0.2) is 0 Å². The predicted molar refractivity (Wildman–Crippen MR) is 106 cm³/mol. The predicted octanol–water partition coefficient (Wildman–Crippen LogP) is 4.31. The van der Waals surface area contributed by atoms with E-state index in [1.165, 1.54) is 11.1 Å². The van der Waals surface area contributed by atoms with Gasteiger partial charge in [-0.2, -0.15) is 0 Å². The first kappa shape index (κ1) is 17.7. The fourth-order valence-corrected chi connectivity index (χ4v) is 2.71. The summed E-state index contributed by atoms with van der Waals surface area (Å²) in [6.07, 6.45) is 2.49. The van der Waals surface area contributed by atoms with Crippen LogP contribution < -0.4 is 15.4 Å². The zero-order chi connectivity index (χ0) is 18.2. The summed E-state index contributed by atoms with van der Waals surface area (Å²) < 4.78 is 5.18. The van der Waals surface area contributed by atoms with E-state index in [1.54, 1.807) is 13.4 Å². The summed E-state index contributed by atoms with van der Waals surface area (Å²) in [6.45, 7) is 2.92. The van der Waals surface area contributed by atoms with E-state index in [2.05, 4.69) is 51.8 Å². The summed E-state index contributed by atoms with van der Waals surface area (Å²) in [5.41, 5.74) is 2.48. The summed E-state index contributed by atoms with van der Waals surface area (Å²) in [7, 11) is 1.68. The van der Waals surface area contributed by atoms with Crippen LogP contribution in [0.15, 0.2) is 67.0 Å². The Morgan fingerprint density at radius 3 is 2.42 bits per heavy atom. The molecule has 2 N–H and O–H groups in total. The maximum absolute atomic E-state index is 5.18. The Balaban J connectivity index is 1.53. The molecule has 134 valence electrons. The van der Waals surface area contributed by atoms with Crippen molar-refractivity contribution in [2.45, 2.75) is 19.4 Å². The van der Waals surface area contributed by atoms with Gasteiger partial charge in [0, 0.05) is 18.7 Å². The van der Waals surface area contributed by atoms with Crippen molar-refractivity contribution in [1.82, 2.24) is 9.97 Å². The molecule has 0 spiro atoms. The van der Waals surface area contributed by atoms with Crippen LogP contribution >= 0.6 is 0 Å². The first-order valence-electron chi connectivity index (χ1n) is 8.75. The molecule has 0 aliphatic carbocycles. The Labute approximate surface area is 154 Å². The molecule has 3 rings (SSSR count). The summed E-state index contributed by atoms with van der Waals surface area (Å²) >= 11 is 0. The van der Waals surface area contributed by atoms with Gasteiger partial charge in [-0.15, -0.1) is 0 Å². The van der Waals surface area contributed by atoms with E-state index in [1.807, 2.05) is 36.4 Å². The molecule has 3 aromatic rings. The molecule has 0 fully saturated rings. The number of nitrogens with zero attached hydrogens (tertiary/aromatic N) is 2. The second-order valence-electron chi connectivity index (χ2n) is 6.09. The average molecular weight is 348 g/mol. The molecule has 5 heteroatoms. The molecule has 0 amide bonds. The van der Waals surface area contributed by atoms with Gasteiger partial charge in [0.25, 0.3) is 0 Å². The van der Waals surface area contributed by atoms with Crippen LogP contribution in [0.3, 0.4) is 0 Å². The van der Waals surface area contributed by atoms with Gasteiger partial charge in [0.2, 0.25) is 0 Å². The number of benzene rings is 2. The van der Waals surface area contributed by atoms with Crippen LogP contribution in [-0.2, 0) is 6.42 Å². The highest BCUT2D eigenvalue weighted by atomic mass is 16.5. The molecule has 0 saturated heterocycles. The van der Waals surface area contributed by atoms with Crippen LogP contribution in [0.4, 0.5) is 11.6 Å². The fraction of sp³-hybridized carbons (Fsp3) is 0.238. The van der Waals surface area contributed by atoms with Crippen LogP contribution in [0.5, 0.6) is 5.75 Å². The SMILES string of the molecule is COc1ccc(CCNc2cc(NC(C)c3ccccc3)ncn2)cc1. The van der Waals surface area contributed by atoms with Gasteiger partial charge < -0.3 is 15.4 Å². The van der Waals surface area contributed by atoms with E-state index < -0.39 is 0 Å². The monoisotopic (exact) mass is 348 g/mol. The Kier molecular flexibility index (Phi) is 6.04. The van der Waals surface area contributed by atoms with Gasteiger partial charge in [-0.1, -0.05) is 42.5 Å². The van der Waals surface area contributed by atoms with Gasteiger partial charge >= 0.3 is 0 Å². The van der Waals surface area contributed by atoms with E-state index in [0.29, 0.717) is 0 Å². The molecule has 5 nitrogen and oxygen atoms in total. The van der Waals surface area contributed by atoms with Crippen molar-refractivity contribution in [2.75, 3.05) is 24.3 Å². The molecule has 0 bridgehead atoms. The lowest BCUT2D eigenvalue weighted by Crippen LogP contribution is -2.10. The summed E-state index contributed by atoms with van der Waals surface area (Å²) in [5, 5.41) is 6.77. The molecule has 0 aliphatic rings. The molecule has 1 heterocycles. The molecule has 2 aromatic carbocycles. The number of hydrogen-bond donors (Lipinski definition) is 2. The molecular formula is C21H24N4O. The number of aromatic nitrogens is 2. The van der Waals surface area contributed by atoms with Crippen molar-refractivity contribution in [3.8, 4) is 5.75 Å². The molecular weight excluding hydrogens is 324 g/mol. The van der Waals surface area contributed by atoms with Crippen molar-refractivity contribution in [3.05, 3.63) is 78.1 Å². The third-order valence-corrected chi connectivity index (χ3v) is 4.21. The Morgan fingerprint density at radius 1 is 0.962 bits per heavy atom.